The number of carbonyl (C=O) groups excluding carboxylic acids is 1. The maximum absolute atomic E-state index is 11.8. The van der Waals surface area contributed by atoms with E-state index in [1.807, 2.05) is 0 Å². The van der Waals surface area contributed by atoms with Crippen molar-refractivity contribution in [3.8, 4) is 0 Å². The van der Waals surface area contributed by atoms with Crippen LogP contribution in [0.15, 0.2) is 23.3 Å². The van der Waals surface area contributed by atoms with Gasteiger partial charge in [-0.2, -0.15) is 0 Å². The van der Waals surface area contributed by atoms with Gasteiger partial charge in [0.15, 0.2) is 5.43 Å². The number of aromatic nitrogens is 1. The summed E-state index contributed by atoms with van der Waals surface area (Å²) >= 11 is 0. The summed E-state index contributed by atoms with van der Waals surface area (Å²) in [5.74, 6) is -0.369. The van der Waals surface area contributed by atoms with Crippen LogP contribution in [0.5, 0.6) is 0 Å². The van der Waals surface area contributed by atoms with E-state index in [1.165, 1.54) is 18.5 Å². The van der Waals surface area contributed by atoms with Crippen LogP contribution in [0, 0.1) is 0 Å². The minimum atomic E-state index is -0.369. The summed E-state index contributed by atoms with van der Waals surface area (Å²) in [7, 11) is 0. The summed E-state index contributed by atoms with van der Waals surface area (Å²) in [5, 5.41) is 12.3. The molecule has 0 saturated heterocycles. The maximum atomic E-state index is 11.8. The lowest BCUT2D eigenvalue weighted by Gasteiger charge is -2.26. The van der Waals surface area contributed by atoms with Gasteiger partial charge in [0.1, 0.15) is 5.56 Å². The first-order chi connectivity index (χ1) is 8.16. The van der Waals surface area contributed by atoms with Gasteiger partial charge in [0.2, 0.25) is 0 Å². The first kappa shape index (κ1) is 11.9. The van der Waals surface area contributed by atoms with E-state index in [2.05, 4.69) is 10.3 Å². The number of H-pyrrole nitrogens is 1. The van der Waals surface area contributed by atoms with Crippen LogP contribution in [-0.2, 0) is 0 Å². The molecule has 2 rings (SSSR count). The minimum absolute atomic E-state index is 0.0362. The third-order valence-electron chi connectivity index (χ3n) is 3.05. The average molecular weight is 236 g/mol. The van der Waals surface area contributed by atoms with Crippen LogP contribution in [0.1, 0.15) is 36.0 Å². The Labute approximate surface area is 98.9 Å². The highest BCUT2D eigenvalue weighted by molar-refractivity contribution is 5.93. The van der Waals surface area contributed by atoms with Crippen molar-refractivity contribution in [2.24, 2.45) is 0 Å². The maximum Gasteiger partial charge on any atom is 0.256 e. The number of carbonyl (C=O) groups is 1. The Bertz CT molecular complexity index is 455. The highest BCUT2D eigenvalue weighted by Crippen LogP contribution is 2.18. The summed E-state index contributed by atoms with van der Waals surface area (Å²) in [4.78, 5) is 26.0. The monoisotopic (exact) mass is 236 g/mol. The fraction of sp³-hybridized carbons (Fsp3) is 0.500. The van der Waals surface area contributed by atoms with E-state index in [0.717, 1.165) is 19.3 Å². The molecule has 17 heavy (non-hydrogen) atoms. The van der Waals surface area contributed by atoms with Gasteiger partial charge in [-0.05, 0) is 25.7 Å². The van der Waals surface area contributed by atoms with Crippen LogP contribution in [0.2, 0.25) is 0 Å². The summed E-state index contributed by atoms with van der Waals surface area (Å²) in [6.07, 6.45) is 5.66. The molecule has 1 aromatic rings. The van der Waals surface area contributed by atoms with Crippen molar-refractivity contribution < 1.29 is 9.90 Å². The standard InChI is InChI=1S/C12H16N2O3/c15-9-3-1-2-8(6-9)14-12(17)10-7-13-5-4-11(10)16/h4-5,7-9,15H,1-3,6H2,(H,13,16)(H,14,17). The van der Waals surface area contributed by atoms with Crippen LogP contribution in [-0.4, -0.2) is 28.1 Å². The van der Waals surface area contributed by atoms with Crippen molar-refractivity contribution in [1.29, 1.82) is 0 Å². The minimum Gasteiger partial charge on any atom is -0.393 e. The molecule has 3 N–H and O–H groups in total. The number of hydrogen-bond acceptors (Lipinski definition) is 3. The lowest BCUT2D eigenvalue weighted by molar-refractivity contribution is 0.0848. The van der Waals surface area contributed by atoms with E-state index in [4.69, 9.17) is 0 Å². The second kappa shape index (κ2) is 5.14. The predicted octanol–water partition coefficient (Wildman–Crippen LogP) is 0.408. The first-order valence-corrected chi connectivity index (χ1v) is 5.83. The van der Waals surface area contributed by atoms with Gasteiger partial charge in [-0.15, -0.1) is 0 Å². The molecule has 1 fully saturated rings. The molecule has 0 bridgehead atoms. The van der Waals surface area contributed by atoms with Gasteiger partial charge in [-0.3, -0.25) is 9.59 Å². The molecular weight excluding hydrogens is 220 g/mol. The SMILES string of the molecule is O=C(NC1CCCC(O)C1)c1c[nH]ccc1=O. The number of nitrogens with one attached hydrogen (secondary N) is 2. The smallest absolute Gasteiger partial charge is 0.256 e. The van der Waals surface area contributed by atoms with E-state index in [0.29, 0.717) is 6.42 Å². The molecule has 5 nitrogen and oxygen atoms in total. The fourth-order valence-corrected chi connectivity index (χ4v) is 2.15. The van der Waals surface area contributed by atoms with E-state index >= 15 is 0 Å². The van der Waals surface area contributed by atoms with Gasteiger partial charge in [-0.25, -0.2) is 0 Å². The summed E-state index contributed by atoms with van der Waals surface area (Å²) in [5.41, 5.74) is -0.176. The van der Waals surface area contributed by atoms with Gasteiger partial charge < -0.3 is 15.4 Å². The first-order valence-electron chi connectivity index (χ1n) is 5.83. The largest absolute Gasteiger partial charge is 0.393 e. The summed E-state index contributed by atoms with van der Waals surface area (Å²) < 4.78 is 0. The summed E-state index contributed by atoms with van der Waals surface area (Å²) in [6, 6.07) is 1.29. The molecule has 0 aliphatic heterocycles. The van der Waals surface area contributed by atoms with Crippen LogP contribution in [0.4, 0.5) is 0 Å². The highest BCUT2D eigenvalue weighted by atomic mass is 16.3. The molecule has 5 heteroatoms. The van der Waals surface area contributed by atoms with Crippen molar-refractivity contribution in [2.45, 2.75) is 37.8 Å². The zero-order valence-corrected chi connectivity index (χ0v) is 9.48. The van der Waals surface area contributed by atoms with Gasteiger partial charge >= 0.3 is 0 Å². The molecule has 92 valence electrons. The number of hydrogen-bond donors (Lipinski definition) is 3. The molecule has 1 amide bonds. The van der Waals surface area contributed by atoms with E-state index in [9.17, 15) is 14.7 Å². The quantitative estimate of drug-likeness (QED) is 0.695. The third-order valence-corrected chi connectivity index (χ3v) is 3.05. The van der Waals surface area contributed by atoms with Crippen molar-refractivity contribution in [3.63, 3.8) is 0 Å². The van der Waals surface area contributed by atoms with E-state index < -0.39 is 0 Å². The van der Waals surface area contributed by atoms with Crippen molar-refractivity contribution in [2.75, 3.05) is 0 Å². The van der Waals surface area contributed by atoms with Crippen LogP contribution in [0.25, 0.3) is 0 Å². The molecule has 1 aromatic heterocycles. The Kier molecular flexibility index (Phi) is 3.58. The number of aromatic amines is 1. The molecule has 2 atom stereocenters. The second-order valence-corrected chi connectivity index (χ2v) is 4.41. The van der Waals surface area contributed by atoms with Crippen LogP contribution < -0.4 is 10.7 Å². The summed E-state index contributed by atoms with van der Waals surface area (Å²) in [6.45, 7) is 0. The Balaban J connectivity index is 2.02. The number of amides is 1. The molecular formula is C12H16N2O3. The van der Waals surface area contributed by atoms with Gasteiger partial charge in [0.05, 0.1) is 6.10 Å². The predicted molar refractivity (Wildman–Crippen MR) is 62.8 cm³/mol. The normalized spacial score (nSPS) is 24.3. The molecule has 0 radical (unpaired) electrons. The Morgan fingerprint density at radius 3 is 3.00 bits per heavy atom. The van der Waals surface area contributed by atoms with Gasteiger partial charge in [-0.1, -0.05) is 0 Å². The molecule has 0 spiro atoms. The lowest BCUT2D eigenvalue weighted by Crippen LogP contribution is -2.41. The number of rotatable bonds is 2. The van der Waals surface area contributed by atoms with Crippen LogP contribution >= 0.6 is 0 Å². The molecule has 1 heterocycles. The molecule has 1 aliphatic carbocycles. The third kappa shape index (κ3) is 2.94. The Morgan fingerprint density at radius 2 is 2.29 bits per heavy atom. The topological polar surface area (TPSA) is 82.2 Å². The van der Waals surface area contributed by atoms with Gasteiger partial charge in [0, 0.05) is 24.5 Å². The lowest BCUT2D eigenvalue weighted by atomic mass is 9.93. The Hall–Kier alpha value is -1.62. The van der Waals surface area contributed by atoms with Gasteiger partial charge in [0.25, 0.3) is 5.91 Å². The van der Waals surface area contributed by atoms with Crippen LogP contribution in [0.3, 0.4) is 0 Å². The average Bonchev–Trinajstić information content (AvgIpc) is 2.29. The second-order valence-electron chi connectivity index (χ2n) is 4.41. The Morgan fingerprint density at radius 1 is 1.47 bits per heavy atom. The molecule has 2 unspecified atom stereocenters. The van der Waals surface area contributed by atoms with Crippen molar-refractivity contribution in [1.82, 2.24) is 10.3 Å². The van der Waals surface area contributed by atoms with E-state index in [1.54, 1.807) is 0 Å². The zero-order chi connectivity index (χ0) is 12.3. The molecule has 0 aromatic carbocycles. The van der Waals surface area contributed by atoms with E-state index in [-0.39, 0.29) is 29.0 Å². The highest BCUT2D eigenvalue weighted by Gasteiger charge is 2.22. The zero-order valence-electron chi connectivity index (χ0n) is 9.48. The van der Waals surface area contributed by atoms with Crippen molar-refractivity contribution in [3.05, 3.63) is 34.2 Å². The number of aliphatic hydroxyl groups is 1. The fourth-order valence-electron chi connectivity index (χ4n) is 2.15. The number of aliphatic hydroxyl groups excluding tert-OH is 1. The molecule has 1 saturated carbocycles. The number of pyridine rings is 1. The van der Waals surface area contributed by atoms with Crippen molar-refractivity contribution >= 4 is 5.91 Å². The molecule has 1 aliphatic rings.